The van der Waals surface area contributed by atoms with E-state index >= 15 is 0 Å². The highest BCUT2D eigenvalue weighted by Gasteiger charge is 2.32. The van der Waals surface area contributed by atoms with Crippen molar-refractivity contribution in [3.8, 4) is 11.6 Å². The van der Waals surface area contributed by atoms with Crippen LogP contribution in [0.3, 0.4) is 0 Å². The molecule has 1 atom stereocenters. The monoisotopic (exact) mass is 379 g/mol. The van der Waals surface area contributed by atoms with Crippen molar-refractivity contribution in [2.24, 2.45) is 0 Å². The maximum absolute atomic E-state index is 12.8. The molecule has 3 aromatic rings. The molecule has 7 nitrogen and oxygen atoms in total. The number of carbonyl (C=O) groups excluding carboxylic acids is 1. The van der Waals surface area contributed by atoms with E-state index in [2.05, 4.69) is 14.9 Å². The Morgan fingerprint density at radius 1 is 1.14 bits per heavy atom. The van der Waals surface area contributed by atoms with Crippen LogP contribution >= 0.6 is 0 Å². The third-order valence-electron chi connectivity index (χ3n) is 5.94. The highest BCUT2D eigenvalue weighted by Crippen LogP contribution is 2.32. The van der Waals surface area contributed by atoms with Gasteiger partial charge in [-0.1, -0.05) is 19.3 Å². The van der Waals surface area contributed by atoms with Crippen LogP contribution in [0.4, 0.5) is 4.79 Å². The van der Waals surface area contributed by atoms with Gasteiger partial charge in [-0.25, -0.2) is 14.8 Å². The summed E-state index contributed by atoms with van der Waals surface area (Å²) < 4.78 is 7.76. The fourth-order valence-corrected chi connectivity index (χ4v) is 4.50. The van der Waals surface area contributed by atoms with Crippen molar-refractivity contribution in [2.75, 3.05) is 13.1 Å². The molecule has 1 N–H and O–H groups in total. The number of pyridine rings is 1. The first-order valence-corrected chi connectivity index (χ1v) is 10.2. The second-order valence-electron chi connectivity index (χ2n) is 7.80. The Kier molecular flexibility index (Phi) is 4.50. The first-order valence-electron chi connectivity index (χ1n) is 10.2. The van der Waals surface area contributed by atoms with Crippen LogP contribution in [0.2, 0.25) is 0 Å². The summed E-state index contributed by atoms with van der Waals surface area (Å²) >= 11 is 0. The highest BCUT2D eigenvalue weighted by atomic mass is 16.3. The normalized spacial score (nSPS) is 20.7. The molecule has 0 bridgehead atoms. The number of likely N-dealkylation sites (tertiary alicyclic amines) is 1. The zero-order chi connectivity index (χ0) is 18.9. The number of amides is 2. The smallest absolute Gasteiger partial charge is 0.317 e. The molecule has 0 spiro atoms. The topological polar surface area (TPSA) is 76.2 Å². The minimum absolute atomic E-state index is 0.0614. The molecule has 5 rings (SSSR count). The minimum atomic E-state index is 0.0614. The van der Waals surface area contributed by atoms with Crippen LogP contribution in [0.25, 0.3) is 22.7 Å². The number of aromatic nitrogens is 3. The molecule has 1 aliphatic heterocycles. The highest BCUT2D eigenvalue weighted by molar-refractivity contribution is 5.77. The maximum atomic E-state index is 12.8. The van der Waals surface area contributed by atoms with Gasteiger partial charge in [0.2, 0.25) is 0 Å². The lowest BCUT2D eigenvalue weighted by Crippen LogP contribution is -2.44. The second kappa shape index (κ2) is 7.30. The van der Waals surface area contributed by atoms with Gasteiger partial charge in [0.25, 0.3) is 0 Å². The van der Waals surface area contributed by atoms with Gasteiger partial charge in [-0.05, 0) is 43.5 Å². The zero-order valence-corrected chi connectivity index (χ0v) is 15.9. The first-order chi connectivity index (χ1) is 13.8. The Morgan fingerprint density at radius 3 is 2.86 bits per heavy atom. The SMILES string of the molecule is O=C(NC1CCCCC1)N1CC[C@H](n2c(-c3ccco3)nc3cccnc32)C1. The number of imidazole rings is 1. The van der Waals surface area contributed by atoms with Crippen molar-refractivity contribution >= 4 is 17.2 Å². The number of hydrogen-bond acceptors (Lipinski definition) is 4. The third kappa shape index (κ3) is 3.15. The van der Waals surface area contributed by atoms with E-state index in [0.717, 1.165) is 48.6 Å². The van der Waals surface area contributed by atoms with E-state index in [1.165, 1.54) is 19.3 Å². The minimum Gasteiger partial charge on any atom is -0.461 e. The summed E-state index contributed by atoms with van der Waals surface area (Å²) in [6, 6.07) is 8.17. The van der Waals surface area contributed by atoms with Gasteiger partial charge < -0.3 is 19.2 Å². The van der Waals surface area contributed by atoms with E-state index in [0.29, 0.717) is 12.6 Å². The van der Waals surface area contributed by atoms with Crippen molar-refractivity contribution < 1.29 is 9.21 Å². The van der Waals surface area contributed by atoms with E-state index in [1.807, 2.05) is 29.2 Å². The second-order valence-corrected chi connectivity index (χ2v) is 7.80. The lowest BCUT2D eigenvalue weighted by Gasteiger charge is -2.26. The summed E-state index contributed by atoms with van der Waals surface area (Å²) in [5, 5.41) is 3.23. The largest absolute Gasteiger partial charge is 0.461 e. The lowest BCUT2D eigenvalue weighted by atomic mass is 9.96. The molecular weight excluding hydrogens is 354 g/mol. The van der Waals surface area contributed by atoms with Crippen molar-refractivity contribution in [1.82, 2.24) is 24.8 Å². The van der Waals surface area contributed by atoms with Crippen molar-refractivity contribution in [1.29, 1.82) is 0 Å². The standard InChI is InChI=1S/C21H25N5O2/c27-21(23-15-6-2-1-3-7-15)25-12-10-16(14-25)26-19-17(8-4-11-22-19)24-20(26)18-9-5-13-28-18/h4-5,8-9,11,13,15-16H,1-3,6-7,10,12,14H2,(H,23,27)/t16-/m0/s1. The third-order valence-corrected chi connectivity index (χ3v) is 5.94. The lowest BCUT2D eigenvalue weighted by molar-refractivity contribution is 0.199. The van der Waals surface area contributed by atoms with Gasteiger partial charge in [0.1, 0.15) is 5.52 Å². The van der Waals surface area contributed by atoms with Crippen LogP contribution in [0, 0.1) is 0 Å². The van der Waals surface area contributed by atoms with Gasteiger partial charge in [-0.15, -0.1) is 0 Å². The summed E-state index contributed by atoms with van der Waals surface area (Å²) in [4.78, 5) is 24.0. The fourth-order valence-electron chi connectivity index (χ4n) is 4.50. The molecule has 1 aliphatic carbocycles. The number of hydrogen-bond donors (Lipinski definition) is 1. The first kappa shape index (κ1) is 17.3. The van der Waals surface area contributed by atoms with Crippen LogP contribution in [0.5, 0.6) is 0 Å². The van der Waals surface area contributed by atoms with Gasteiger partial charge in [-0.3, -0.25) is 0 Å². The quantitative estimate of drug-likeness (QED) is 0.747. The van der Waals surface area contributed by atoms with Crippen LogP contribution < -0.4 is 5.32 Å². The average Bonchev–Trinajstić information content (AvgIpc) is 3.46. The van der Waals surface area contributed by atoms with E-state index in [-0.39, 0.29) is 12.1 Å². The van der Waals surface area contributed by atoms with Crippen LogP contribution in [-0.2, 0) is 0 Å². The molecule has 146 valence electrons. The van der Waals surface area contributed by atoms with Gasteiger partial charge in [-0.2, -0.15) is 0 Å². The molecule has 2 aliphatic rings. The van der Waals surface area contributed by atoms with E-state index < -0.39 is 0 Å². The van der Waals surface area contributed by atoms with Crippen LogP contribution in [-0.4, -0.2) is 44.6 Å². The van der Waals surface area contributed by atoms with Crippen LogP contribution in [0.1, 0.15) is 44.6 Å². The van der Waals surface area contributed by atoms with E-state index in [9.17, 15) is 4.79 Å². The molecule has 4 heterocycles. The fraction of sp³-hybridized carbons (Fsp3) is 0.476. The van der Waals surface area contributed by atoms with E-state index in [1.54, 1.807) is 12.5 Å². The van der Waals surface area contributed by atoms with Gasteiger partial charge >= 0.3 is 6.03 Å². The predicted octanol–water partition coefficient (Wildman–Crippen LogP) is 3.98. The van der Waals surface area contributed by atoms with Crippen molar-refractivity contribution in [3.63, 3.8) is 0 Å². The summed E-state index contributed by atoms with van der Waals surface area (Å²) in [6.45, 7) is 1.40. The van der Waals surface area contributed by atoms with Gasteiger partial charge in [0, 0.05) is 25.3 Å². The summed E-state index contributed by atoms with van der Waals surface area (Å²) in [5.74, 6) is 1.50. The number of urea groups is 1. The molecule has 0 unspecified atom stereocenters. The molecule has 2 amide bonds. The number of nitrogens with one attached hydrogen (secondary N) is 1. The maximum Gasteiger partial charge on any atom is 0.317 e. The molecule has 1 saturated heterocycles. The Bertz CT molecular complexity index is 959. The molecule has 0 aromatic carbocycles. The Balaban J connectivity index is 1.39. The molecule has 1 saturated carbocycles. The zero-order valence-electron chi connectivity index (χ0n) is 15.9. The van der Waals surface area contributed by atoms with Crippen molar-refractivity contribution in [3.05, 3.63) is 36.7 Å². The molecule has 0 radical (unpaired) electrons. The predicted molar refractivity (Wildman–Crippen MR) is 106 cm³/mol. The number of rotatable bonds is 3. The summed E-state index contributed by atoms with van der Waals surface area (Å²) in [5.41, 5.74) is 1.69. The van der Waals surface area contributed by atoms with Crippen molar-refractivity contribution in [2.45, 2.75) is 50.6 Å². The molecule has 2 fully saturated rings. The number of carbonyl (C=O) groups is 1. The van der Waals surface area contributed by atoms with Crippen LogP contribution in [0.15, 0.2) is 41.1 Å². The number of fused-ring (bicyclic) bond motifs is 1. The number of nitrogens with zero attached hydrogens (tertiary/aromatic N) is 4. The Hall–Kier alpha value is -2.83. The molecular formula is C21H25N5O2. The van der Waals surface area contributed by atoms with Gasteiger partial charge in [0.15, 0.2) is 17.2 Å². The summed E-state index contributed by atoms with van der Waals surface area (Å²) in [6.07, 6.45) is 10.2. The average molecular weight is 379 g/mol. The molecule has 3 aromatic heterocycles. The number of furan rings is 1. The van der Waals surface area contributed by atoms with E-state index in [4.69, 9.17) is 9.40 Å². The Labute approximate surface area is 163 Å². The summed E-state index contributed by atoms with van der Waals surface area (Å²) in [7, 11) is 0. The van der Waals surface area contributed by atoms with Gasteiger partial charge in [0.05, 0.1) is 12.3 Å². The molecule has 7 heteroatoms. The Morgan fingerprint density at radius 2 is 2.04 bits per heavy atom. The molecule has 28 heavy (non-hydrogen) atoms.